The maximum Gasteiger partial charge on any atom is 0.191 e. The van der Waals surface area contributed by atoms with E-state index in [4.69, 9.17) is 18.9 Å². The van der Waals surface area contributed by atoms with Gasteiger partial charge in [-0.1, -0.05) is 12.8 Å². The number of furan rings is 1. The lowest BCUT2D eigenvalue weighted by Gasteiger charge is -2.57. The predicted octanol–water partition coefficient (Wildman–Crippen LogP) is 2.43. The Morgan fingerprint density at radius 3 is 2.87 bits per heavy atom. The minimum Gasteiger partial charge on any atom is -0.469 e. The quantitative estimate of drug-likeness (QED) is 0.375. The summed E-state index contributed by atoms with van der Waals surface area (Å²) < 4.78 is 17.1. The number of guanidine groups is 1. The molecule has 1 aromatic rings. The molecule has 4 aliphatic rings. The summed E-state index contributed by atoms with van der Waals surface area (Å²) in [5, 5.41) is 7.46. The minimum absolute atomic E-state index is 0.332. The van der Waals surface area contributed by atoms with Gasteiger partial charge < -0.3 is 24.5 Å². The van der Waals surface area contributed by atoms with E-state index in [1.807, 2.05) is 12.1 Å². The number of ether oxygens (including phenoxy) is 2. The van der Waals surface area contributed by atoms with Crippen LogP contribution in [0.2, 0.25) is 0 Å². The fraction of sp³-hybridized carbons (Fsp3) is 0.792. The van der Waals surface area contributed by atoms with Crippen LogP contribution in [0, 0.1) is 11.3 Å². The molecule has 3 atom stereocenters. The normalized spacial score (nSPS) is 30.3. The highest BCUT2D eigenvalue weighted by molar-refractivity contribution is 5.80. The highest BCUT2D eigenvalue weighted by Gasteiger charge is 2.65. The van der Waals surface area contributed by atoms with E-state index >= 15 is 0 Å². The van der Waals surface area contributed by atoms with Crippen molar-refractivity contribution >= 4 is 5.96 Å². The van der Waals surface area contributed by atoms with Crippen LogP contribution in [0.15, 0.2) is 27.8 Å². The molecular weight excluding hydrogens is 392 g/mol. The second-order valence-electron chi connectivity index (χ2n) is 9.60. The van der Waals surface area contributed by atoms with E-state index in [9.17, 15) is 0 Å². The molecule has 7 heteroatoms. The molecule has 2 aliphatic heterocycles. The second-order valence-corrected chi connectivity index (χ2v) is 9.60. The van der Waals surface area contributed by atoms with Crippen LogP contribution in [-0.2, 0) is 15.9 Å². The van der Waals surface area contributed by atoms with Crippen molar-refractivity contribution in [1.82, 2.24) is 15.5 Å². The summed E-state index contributed by atoms with van der Waals surface area (Å²) in [5.41, 5.74) is 0.332. The summed E-state index contributed by atoms with van der Waals surface area (Å²) in [6, 6.07) is 4.48. The Hall–Kier alpha value is -1.57. The number of nitrogens with one attached hydrogen (secondary N) is 2. The van der Waals surface area contributed by atoms with Crippen LogP contribution >= 0.6 is 0 Å². The zero-order valence-electron chi connectivity index (χ0n) is 18.7. The summed E-state index contributed by atoms with van der Waals surface area (Å²) in [6.45, 7) is 7.50. The zero-order chi connectivity index (χ0) is 20.9. The molecule has 0 amide bonds. The number of morpholine rings is 1. The molecule has 0 aromatic carbocycles. The fourth-order valence-corrected chi connectivity index (χ4v) is 6.27. The molecule has 2 aliphatic carbocycles. The average molecular weight is 431 g/mol. The Kier molecular flexibility index (Phi) is 6.81. The lowest BCUT2D eigenvalue weighted by atomic mass is 9.54. The van der Waals surface area contributed by atoms with Gasteiger partial charge in [0.05, 0.1) is 25.6 Å². The Morgan fingerprint density at radius 2 is 2.06 bits per heavy atom. The van der Waals surface area contributed by atoms with Gasteiger partial charge in [-0.05, 0) is 37.8 Å². The van der Waals surface area contributed by atoms with E-state index in [-0.39, 0.29) is 0 Å². The van der Waals surface area contributed by atoms with E-state index in [1.54, 1.807) is 6.26 Å². The number of hydrogen-bond donors (Lipinski definition) is 2. The summed E-state index contributed by atoms with van der Waals surface area (Å²) in [4.78, 5) is 7.47. The smallest absolute Gasteiger partial charge is 0.191 e. The van der Waals surface area contributed by atoms with E-state index in [0.717, 1.165) is 77.1 Å². The van der Waals surface area contributed by atoms with Crippen molar-refractivity contribution in [2.45, 2.75) is 57.1 Å². The van der Waals surface area contributed by atoms with Crippen molar-refractivity contribution in [3.05, 3.63) is 24.2 Å². The van der Waals surface area contributed by atoms with Gasteiger partial charge in [0.2, 0.25) is 0 Å². The zero-order valence-corrected chi connectivity index (χ0v) is 18.7. The summed E-state index contributed by atoms with van der Waals surface area (Å²) in [5.74, 6) is 2.62. The van der Waals surface area contributed by atoms with Crippen LogP contribution in [0.25, 0.3) is 0 Å². The third kappa shape index (κ3) is 4.64. The SMILES string of the molecule is c1coc(CCNC(=NCCCN2CCOCC2)NC2C3CCOC3C23CCCC3)c1. The first-order valence-corrected chi connectivity index (χ1v) is 12.3. The molecule has 0 bridgehead atoms. The molecule has 2 N–H and O–H groups in total. The van der Waals surface area contributed by atoms with Crippen LogP contribution in [0.3, 0.4) is 0 Å². The van der Waals surface area contributed by atoms with Crippen molar-refractivity contribution in [3.63, 3.8) is 0 Å². The molecule has 4 fully saturated rings. The van der Waals surface area contributed by atoms with Gasteiger partial charge in [0.1, 0.15) is 5.76 Å². The lowest BCUT2D eigenvalue weighted by molar-refractivity contribution is -0.125. The Morgan fingerprint density at radius 1 is 1.19 bits per heavy atom. The first kappa shape index (κ1) is 21.3. The monoisotopic (exact) mass is 430 g/mol. The van der Waals surface area contributed by atoms with Crippen molar-refractivity contribution < 1.29 is 13.9 Å². The number of hydrogen-bond acceptors (Lipinski definition) is 5. The van der Waals surface area contributed by atoms with Crippen molar-refractivity contribution in [1.29, 1.82) is 0 Å². The highest BCUT2D eigenvalue weighted by Crippen LogP contribution is 2.60. The van der Waals surface area contributed by atoms with Gasteiger partial charge in [0.25, 0.3) is 0 Å². The maximum absolute atomic E-state index is 6.17. The van der Waals surface area contributed by atoms with E-state index in [0.29, 0.717) is 23.5 Å². The van der Waals surface area contributed by atoms with Crippen LogP contribution in [0.1, 0.15) is 44.3 Å². The minimum atomic E-state index is 0.332. The molecule has 3 unspecified atom stereocenters. The van der Waals surface area contributed by atoms with Gasteiger partial charge in [0.15, 0.2) is 5.96 Å². The molecule has 1 spiro atoms. The molecule has 2 saturated heterocycles. The van der Waals surface area contributed by atoms with Crippen LogP contribution < -0.4 is 10.6 Å². The van der Waals surface area contributed by atoms with Crippen LogP contribution in [0.4, 0.5) is 0 Å². The third-order valence-corrected chi connectivity index (χ3v) is 7.83. The molecule has 0 radical (unpaired) electrons. The topological polar surface area (TPSA) is 71.3 Å². The lowest BCUT2D eigenvalue weighted by Crippen LogP contribution is -2.69. The molecule has 7 nitrogen and oxygen atoms in total. The molecule has 2 saturated carbocycles. The largest absolute Gasteiger partial charge is 0.469 e. The molecular formula is C24H38N4O3. The van der Waals surface area contributed by atoms with Gasteiger partial charge >= 0.3 is 0 Å². The number of rotatable bonds is 8. The molecule has 1 aromatic heterocycles. The highest BCUT2D eigenvalue weighted by atomic mass is 16.5. The van der Waals surface area contributed by atoms with Gasteiger partial charge in [-0.3, -0.25) is 9.89 Å². The first-order chi connectivity index (χ1) is 15.4. The number of fused-ring (bicyclic) bond motifs is 2. The summed E-state index contributed by atoms with van der Waals surface area (Å²) >= 11 is 0. The number of aliphatic imine (C=N–C) groups is 1. The summed E-state index contributed by atoms with van der Waals surface area (Å²) in [7, 11) is 0. The van der Waals surface area contributed by atoms with Gasteiger partial charge in [0, 0.05) is 63.1 Å². The van der Waals surface area contributed by atoms with E-state index < -0.39 is 0 Å². The third-order valence-electron chi connectivity index (χ3n) is 7.83. The molecule has 31 heavy (non-hydrogen) atoms. The van der Waals surface area contributed by atoms with Crippen LogP contribution in [-0.4, -0.2) is 75.5 Å². The van der Waals surface area contributed by atoms with Crippen molar-refractivity contribution in [2.24, 2.45) is 16.3 Å². The molecule has 3 heterocycles. The fourth-order valence-electron chi connectivity index (χ4n) is 6.27. The van der Waals surface area contributed by atoms with Gasteiger partial charge in [-0.2, -0.15) is 0 Å². The molecule has 5 rings (SSSR count). The van der Waals surface area contributed by atoms with Gasteiger partial charge in [-0.15, -0.1) is 0 Å². The van der Waals surface area contributed by atoms with Crippen LogP contribution in [0.5, 0.6) is 0 Å². The average Bonchev–Trinajstić information content (AvgIpc) is 3.56. The number of nitrogens with zero attached hydrogens (tertiary/aromatic N) is 2. The van der Waals surface area contributed by atoms with E-state index in [2.05, 4.69) is 15.5 Å². The Bertz CT molecular complexity index is 710. The predicted molar refractivity (Wildman–Crippen MR) is 120 cm³/mol. The maximum atomic E-state index is 6.17. The van der Waals surface area contributed by atoms with Gasteiger partial charge in [-0.25, -0.2) is 0 Å². The molecule has 172 valence electrons. The first-order valence-electron chi connectivity index (χ1n) is 12.3. The van der Waals surface area contributed by atoms with E-state index in [1.165, 1.54) is 32.1 Å². The standard InChI is InChI=1S/C24H38N4O3/c1-2-9-24(8-1)21(20-7-16-31-22(20)24)27-23(26-11-6-19-5-3-15-30-19)25-10-4-12-28-13-17-29-18-14-28/h3,5,15,20-22H,1-2,4,6-14,16-18H2,(H2,25,26,27). The second kappa shape index (κ2) is 9.92. The Labute approximate surface area is 185 Å². The Balaban J connectivity index is 1.18. The van der Waals surface area contributed by atoms with Crippen molar-refractivity contribution in [3.8, 4) is 0 Å². The summed E-state index contributed by atoms with van der Waals surface area (Å²) in [6.07, 6.45) is 10.6. The van der Waals surface area contributed by atoms with Crippen molar-refractivity contribution in [2.75, 3.05) is 52.5 Å².